The second kappa shape index (κ2) is 5.65. The highest BCUT2D eigenvalue weighted by atomic mass is 35.5. The van der Waals surface area contributed by atoms with Crippen LogP contribution in [0.3, 0.4) is 0 Å². The molecule has 0 radical (unpaired) electrons. The molecule has 1 fully saturated rings. The van der Waals surface area contributed by atoms with Gasteiger partial charge in [0.15, 0.2) is 0 Å². The summed E-state index contributed by atoms with van der Waals surface area (Å²) in [6.07, 6.45) is 3.70. The molecular weight excluding hydrogens is 276 g/mol. The number of hydrogen-bond acceptors (Lipinski definition) is 0. The predicted octanol–water partition coefficient (Wildman–Crippen LogP) is 6.16. The number of alkyl halides is 1. The van der Waals surface area contributed by atoms with E-state index in [1.165, 1.54) is 29.2 Å². The predicted molar refractivity (Wildman–Crippen MR) is 93.1 cm³/mol. The molecular formula is C20H25Cl. The lowest BCUT2D eigenvalue weighted by atomic mass is 9.65. The standard InChI is InChI=1S/C20H25Cl/c1-14-11-12-18(19(21)13-14)20(2,3)17-10-6-8-15-7-4-5-9-16(15)17/h4-10,14,18-19H,11-13H2,1-3H3. The van der Waals surface area contributed by atoms with Gasteiger partial charge in [-0.15, -0.1) is 11.6 Å². The van der Waals surface area contributed by atoms with E-state index in [1.54, 1.807) is 0 Å². The topological polar surface area (TPSA) is 0 Å². The van der Waals surface area contributed by atoms with Crippen molar-refractivity contribution in [2.24, 2.45) is 11.8 Å². The van der Waals surface area contributed by atoms with Gasteiger partial charge in [0, 0.05) is 5.38 Å². The van der Waals surface area contributed by atoms with E-state index in [4.69, 9.17) is 11.6 Å². The van der Waals surface area contributed by atoms with Crippen molar-refractivity contribution in [1.82, 2.24) is 0 Å². The Hall–Kier alpha value is -1.01. The van der Waals surface area contributed by atoms with E-state index in [-0.39, 0.29) is 5.41 Å². The Morgan fingerprint density at radius 3 is 2.48 bits per heavy atom. The maximum absolute atomic E-state index is 6.76. The van der Waals surface area contributed by atoms with E-state index in [9.17, 15) is 0 Å². The summed E-state index contributed by atoms with van der Waals surface area (Å²) in [6.45, 7) is 7.09. The van der Waals surface area contributed by atoms with Gasteiger partial charge in [-0.3, -0.25) is 0 Å². The Labute approximate surface area is 133 Å². The maximum Gasteiger partial charge on any atom is 0.0375 e. The fraction of sp³-hybridized carbons (Fsp3) is 0.500. The summed E-state index contributed by atoms with van der Waals surface area (Å²) in [5.41, 5.74) is 1.57. The van der Waals surface area contributed by atoms with Crippen molar-refractivity contribution in [3.05, 3.63) is 48.0 Å². The highest BCUT2D eigenvalue weighted by molar-refractivity contribution is 6.21. The lowest BCUT2D eigenvalue weighted by Crippen LogP contribution is -2.38. The highest BCUT2D eigenvalue weighted by Gasteiger charge is 2.39. The second-order valence-electron chi connectivity index (χ2n) is 7.29. The lowest BCUT2D eigenvalue weighted by Gasteiger charge is -2.42. The van der Waals surface area contributed by atoms with Crippen molar-refractivity contribution in [1.29, 1.82) is 0 Å². The number of fused-ring (bicyclic) bond motifs is 1. The van der Waals surface area contributed by atoms with Gasteiger partial charge in [0.2, 0.25) is 0 Å². The molecule has 0 spiro atoms. The van der Waals surface area contributed by atoms with Gasteiger partial charge < -0.3 is 0 Å². The van der Waals surface area contributed by atoms with E-state index < -0.39 is 0 Å². The molecule has 0 N–H and O–H groups in total. The average Bonchev–Trinajstić information content (AvgIpc) is 2.46. The first kappa shape index (κ1) is 14.9. The SMILES string of the molecule is CC1CCC(C(C)(C)c2cccc3ccccc23)C(Cl)C1. The van der Waals surface area contributed by atoms with Gasteiger partial charge in [-0.05, 0) is 46.4 Å². The summed E-state index contributed by atoms with van der Waals surface area (Å²) >= 11 is 6.76. The van der Waals surface area contributed by atoms with E-state index in [0.717, 1.165) is 12.3 Å². The van der Waals surface area contributed by atoms with Crippen LogP contribution in [0.4, 0.5) is 0 Å². The quantitative estimate of drug-likeness (QED) is 0.583. The maximum atomic E-state index is 6.76. The molecule has 0 heterocycles. The first-order chi connectivity index (χ1) is 10.00. The lowest BCUT2D eigenvalue weighted by molar-refractivity contribution is 0.209. The molecule has 1 aliphatic carbocycles. The minimum Gasteiger partial charge on any atom is -0.123 e. The van der Waals surface area contributed by atoms with Gasteiger partial charge in [-0.1, -0.05) is 69.7 Å². The van der Waals surface area contributed by atoms with Crippen molar-refractivity contribution in [2.45, 2.75) is 50.8 Å². The van der Waals surface area contributed by atoms with Crippen LogP contribution in [0.2, 0.25) is 0 Å². The Balaban J connectivity index is 2.04. The molecule has 21 heavy (non-hydrogen) atoms. The third-order valence-electron chi connectivity index (χ3n) is 5.45. The molecule has 1 saturated carbocycles. The Morgan fingerprint density at radius 1 is 1.00 bits per heavy atom. The first-order valence-electron chi connectivity index (χ1n) is 8.12. The van der Waals surface area contributed by atoms with E-state index in [0.29, 0.717) is 11.3 Å². The third-order valence-corrected chi connectivity index (χ3v) is 5.93. The summed E-state index contributed by atoms with van der Waals surface area (Å²) in [5.74, 6) is 1.33. The van der Waals surface area contributed by atoms with Crippen LogP contribution in [-0.2, 0) is 5.41 Å². The van der Waals surface area contributed by atoms with Crippen molar-refractivity contribution in [3.8, 4) is 0 Å². The molecule has 0 amide bonds. The summed E-state index contributed by atoms with van der Waals surface area (Å²) in [7, 11) is 0. The average molecular weight is 301 g/mol. The van der Waals surface area contributed by atoms with Gasteiger partial charge in [-0.25, -0.2) is 0 Å². The van der Waals surface area contributed by atoms with Gasteiger partial charge in [0.25, 0.3) is 0 Å². The number of rotatable bonds is 2. The molecule has 1 heteroatoms. The zero-order chi connectivity index (χ0) is 15.0. The smallest absolute Gasteiger partial charge is 0.0375 e. The molecule has 0 aromatic heterocycles. The number of benzene rings is 2. The van der Waals surface area contributed by atoms with Crippen LogP contribution in [0.1, 0.15) is 45.6 Å². The second-order valence-corrected chi connectivity index (χ2v) is 7.85. The van der Waals surface area contributed by atoms with Crippen LogP contribution in [0.5, 0.6) is 0 Å². The summed E-state index contributed by atoms with van der Waals surface area (Å²) < 4.78 is 0. The monoisotopic (exact) mass is 300 g/mol. The van der Waals surface area contributed by atoms with Crippen LogP contribution in [0.15, 0.2) is 42.5 Å². The number of halogens is 1. The zero-order valence-electron chi connectivity index (χ0n) is 13.3. The molecule has 3 rings (SSSR count). The van der Waals surface area contributed by atoms with Gasteiger partial charge in [0.05, 0.1) is 0 Å². The Kier molecular flexibility index (Phi) is 4.01. The molecule has 2 aromatic carbocycles. The molecule has 1 aliphatic rings. The van der Waals surface area contributed by atoms with Crippen LogP contribution in [-0.4, -0.2) is 5.38 Å². The minimum atomic E-state index is 0.118. The first-order valence-corrected chi connectivity index (χ1v) is 8.56. The summed E-state index contributed by atoms with van der Waals surface area (Å²) in [4.78, 5) is 0. The summed E-state index contributed by atoms with van der Waals surface area (Å²) in [6, 6.07) is 15.4. The molecule has 0 bridgehead atoms. The Morgan fingerprint density at radius 2 is 1.71 bits per heavy atom. The van der Waals surface area contributed by atoms with Crippen molar-refractivity contribution in [3.63, 3.8) is 0 Å². The Bertz CT molecular complexity index is 623. The van der Waals surface area contributed by atoms with Gasteiger partial charge in [0.1, 0.15) is 0 Å². The normalized spacial score (nSPS) is 27.0. The number of hydrogen-bond donors (Lipinski definition) is 0. The van der Waals surface area contributed by atoms with Crippen LogP contribution in [0.25, 0.3) is 10.8 Å². The zero-order valence-corrected chi connectivity index (χ0v) is 14.0. The molecule has 3 unspecified atom stereocenters. The van der Waals surface area contributed by atoms with Crippen molar-refractivity contribution < 1.29 is 0 Å². The van der Waals surface area contributed by atoms with Crippen LogP contribution < -0.4 is 0 Å². The highest BCUT2D eigenvalue weighted by Crippen LogP contribution is 2.46. The fourth-order valence-corrected chi connectivity index (χ4v) is 4.86. The van der Waals surface area contributed by atoms with E-state index in [2.05, 4.69) is 63.2 Å². The third kappa shape index (κ3) is 2.71. The molecule has 0 nitrogen and oxygen atoms in total. The van der Waals surface area contributed by atoms with Crippen molar-refractivity contribution in [2.75, 3.05) is 0 Å². The fourth-order valence-electron chi connectivity index (χ4n) is 4.11. The van der Waals surface area contributed by atoms with Crippen molar-refractivity contribution >= 4 is 22.4 Å². The largest absolute Gasteiger partial charge is 0.123 e. The molecule has 3 atom stereocenters. The molecule has 112 valence electrons. The molecule has 0 aliphatic heterocycles. The summed E-state index contributed by atoms with van der Waals surface area (Å²) in [5, 5.41) is 3.01. The van der Waals surface area contributed by atoms with Gasteiger partial charge >= 0.3 is 0 Å². The van der Waals surface area contributed by atoms with Gasteiger partial charge in [-0.2, -0.15) is 0 Å². The van der Waals surface area contributed by atoms with Crippen LogP contribution >= 0.6 is 11.6 Å². The molecule has 0 saturated heterocycles. The van der Waals surface area contributed by atoms with Crippen LogP contribution in [0, 0.1) is 11.8 Å². The minimum absolute atomic E-state index is 0.118. The van der Waals surface area contributed by atoms with E-state index in [1.807, 2.05) is 0 Å². The molecule has 2 aromatic rings. The van der Waals surface area contributed by atoms with E-state index >= 15 is 0 Å².